The van der Waals surface area contributed by atoms with E-state index in [4.69, 9.17) is 14.8 Å². The molecule has 2 fully saturated rings. The first-order valence-electron chi connectivity index (χ1n) is 14.2. The van der Waals surface area contributed by atoms with Crippen molar-refractivity contribution in [1.29, 1.82) is 0 Å². The Balaban J connectivity index is 1.23. The number of fused-ring (bicyclic) bond motifs is 1. The van der Waals surface area contributed by atoms with E-state index in [0.29, 0.717) is 44.2 Å². The van der Waals surface area contributed by atoms with Gasteiger partial charge in [-0.3, -0.25) is 14.5 Å². The lowest BCUT2D eigenvalue weighted by atomic mass is 10.1. The largest absolute Gasteiger partial charge is 0.507 e. The van der Waals surface area contributed by atoms with Crippen LogP contribution in [0.25, 0.3) is 16.9 Å². The van der Waals surface area contributed by atoms with Gasteiger partial charge in [-0.25, -0.2) is 9.50 Å². The van der Waals surface area contributed by atoms with Crippen LogP contribution in [0, 0.1) is 0 Å². The Kier molecular flexibility index (Phi) is 9.28. The number of anilines is 1. The van der Waals surface area contributed by atoms with Crippen LogP contribution in [0.2, 0.25) is 0 Å². The summed E-state index contributed by atoms with van der Waals surface area (Å²) in [6, 6.07) is 9.24. The molecule has 0 aliphatic carbocycles. The second kappa shape index (κ2) is 13.2. The zero-order valence-electron chi connectivity index (χ0n) is 23.9. The minimum absolute atomic E-state index is 0.00945. The minimum atomic E-state index is -0.00945. The van der Waals surface area contributed by atoms with E-state index in [1.807, 2.05) is 52.8 Å². The second-order valence-electron chi connectivity index (χ2n) is 10.8. The van der Waals surface area contributed by atoms with Crippen LogP contribution in [-0.2, 0) is 20.9 Å². The van der Waals surface area contributed by atoms with Gasteiger partial charge in [-0.15, -0.1) is 5.10 Å². The van der Waals surface area contributed by atoms with Crippen LogP contribution < -0.4 is 4.90 Å². The molecule has 1 N–H and O–H groups in total. The van der Waals surface area contributed by atoms with Gasteiger partial charge in [0.2, 0.25) is 5.91 Å². The number of allylic oxidation sites excluding steroid dienone is 1. The predicted molar refractivity (Wildman–Crippen MR) is 157 cm³/mol. The molecular weight excluding hydrogens is 522 g/mol. The molecule has 0 saturated carbocycles. The molecule has 2 aliphatic rings. The van der Waals surface area contributed by atoms with Crippen LogP contribution in [0.3, 0.4) is 0 Å². The summed E-state index contributed by atoms with van der Waals surface area (Å²) in [7, 11) is 3.89. The smallest absolute Gasteiger partial charge is 0.223 e. The summed E-state index contributed by atoms with van der Waals surface area (Å²) in [5.41, 5.74) is 2.61. The van der Waals surface area contributed by atoms with Crippen molar-refractivity contribution in [2.75, 3.05) is 78.0 Å². The Hall–Kier alpha value is -3.80. The molecule has 5 rings (SSSR count). The maximum atomic E-state index is 12.7. The van der Waals surface area contributed by atoms with Crippen molar-refractivity contribution in [3.05, 3.63) is 54.2 Å². The van der Waals surface area contributed by atoms with Crippen LogP contribution in [0.4, 0.5) is 5.82 Å². The first kappa shape index (κ1) is 28.7. The number of hydrogen-bond donors (Lipinski definition) is 1. The van der Waals surface area contributed by atoms with E-state index in [1.54, 1.807) is 18.2 Å². The molecule has 11 nitrogen and oxygen atoms in total. The molecule has 218 valence electrons. The van der Waals surface area contributed by atoms with E-state index < -0.39 is 0 Å². The lowest BCUT2D eigenvalue weighted by molar-refractivity contribution is -0.134. The van der Waals surface area contributed by atoms with Gasteiger partial charge < -0.3 is 24.5 Å². The number of ketones is 1. The number of hydrogen-bond acceptors (Lipinski definition) is 9. The molecular formula is C30H39N7O4. The molecule has 41 heavy (non-hydrogen) atoms. The first-order valence-corrected chi connectivity index (χ1v) is 14.2. The fraction of sp³-hybridized carbons (Fsp3) is 0.467. The summed E-state index contributed by atoms with van der Waals surface area (Å²) >= 11 is 0. The molecule has 2 saturated heterocycles. The number of para-hydroxylation sites is 1. The fourth-order valence-corrected chi connectivity index (χ4v) is 5.19. The van der Waals surface area contributed by atoms with Gasteiger partial charge >= 0.3 is 0 Å². The third kappa shape index (κ3) is 7.29. The van der Waals surface area contributed by atoms with Crippen LogP contribution >= 0.6 is 0 Å². The minimum Gasteiger partial charge on any atom is -0.507 e. The molecule has 0 atom stereocenters. The van der Waals surface area contributed by atoms with Gasteiger partial charge in [-0.05, 0) is 43.9 Å². The number of aromatic hydroxyl groups is 1. The van der Waals surface area contributed by atoms with Gasteiger partial charge in [-0.2, -0.15) is 0 Å². The van der Waals surface area contributed by atoms with Crippen molar-refractivity contribution in [1.82, 2.24) is 29.3 Å². The summed E-state index contributed by atoms with van der Waals surface area (Å²) < 4.78 is 7.42. The normalized spacial score (nSPS) is 16.8. The van der Waals surface area contributed by atoms with Crippen molar-refractivity contribution in [3.8, 4) is 17.1 Å². The monoisotopic (exact) mass is 561 g/mol. The number of phenolic OH excluding ortho intramolecular Hbond substituents is 1. The molecule has 1 amide bonds. The number of morpholine rings is 1. The van der Waals surface area contributed by atoms with Crippen LogP contribution in [-0.4, -0.2) is 119 Å². The Morgan fingerprint density at radius 2 is 1.80 bits per heavy atom. The molecule has 1 aromatic carbocycles. The lowest BCUT2D eigenvalue weighted by Gasteiger charge is -2.34. The van der Waals surface area contributed by atoms with E-state index in [9.17, 15) is 14.7 Å². The number of nitrogens with zero attached hydrogens (tertiary/aromatic N) is 7. The van der Waals surface area contributed by atoms with Crippen molar-refractivity contribution in [3.63, 3.8) is 0 Å². The van der Waals surface area contributed by atoms with Crippen LogP contribution in [0.15, 0.2) is 48.7 Å². The highest BCUT2D eigenvalue weighted by atomic mass is 16.5. The Labute approximate surface area is 240 Å². The quantitative estimate of drug-likeness (QED) is 0.372. The van der Waals surface area contributed by atoms with Gasteiger partial charge in [0.1, 0.15) is 11.3 Å². The van der Waals surface area contributed by atoms with Crippen molar-refractivity contribution in [2.45, 2.75) is 19.4 Å². The molecule has 11 heteroatoms. The number of likely N-dealkylation sites (N-methyl/N-ethyl adjacent to an activating group) is 1. The predicted octanol–water partition coefficient (Wildman–Crippen LogP) is 2.05. The molecule has 0 bridgehead atoms. The lowest BCUT2D eigenvalue weighted by Crippen LogP contribution is -2.48. The molecule has 4 heterocycles. The Bertz CT molecular complexity index is 1390. The van der Waals surface area contributed by atoms with Gasteiger partial charge in [0.05, 0.1) is 18.8 Å². The summed E-state index contributed by atoms with van der Waals surface area (Å²) in [4.78, 5) is 38.0. The fourth-order valence-electron chi connectivity index (χ4n) is 5.19. The first-order chi connectivity index (χ1) is 19.9. The summed E-state index contributed by atoms with van der Waals surface area (Å²) in [6.45, 7) is 7.01. The maximum Gasteiger partial charge on any atom is 0.223 e. The Morgan fingerprint density at radius 3 is 2.54 bits per heavy atom. The average Bonchev–Trinajstić information content (AvgIpc) is 3.38. The van der Waals surface area contributed by atoms with Gasteiger partial charge in [0.15, 0.2) is 17.4 Å². The third-order valence-electron chi connectivity index (χ3n) is 7.45. The summed E-state index contributed by atoms with van der Waals surface area (Å²) in [5, 5.41) is 15.2. The van der Waals surface area contributed by atoms with E-state index in [2.05, 4.69) is 15.9 Å². The van der Waals surface area contributed by atoms with Gasteiger partial charge in [0, 0.05) is 71.4 Å². The van der Waals surface area contributed by atoms with E-state index >= 15 is 0 Å². The number of phenols is 1. The second-order valence-corrected chi connectivity index (χ2v) is 10.8. The zero-order valence-corrected chi connectivity index (χ0v) is 23.9. The number of rotatable bonds is 10. The number of benzene rings is 1. The van der Waals surface area contributed by atoms with Crippen LogP contribution in [0.5, 0.6) is 5.75 Å². The number of ether oxygens (including phenoxy) is 1. The third-order valence-corrected chi connectivity index (χ3v) is 7.45. The van der Waals surface area contributed by atoms with E-state index in [-0.39, 0.29) is 30.3 Å². The van der Waals surface area contributed by atoms with Crippen molar-refractivity contribution < 1.29 is 19.4 Å². The number of piperazine rings is 1. The number of amides is 1. The average molecular weight is 562 g/mol. The number of aromatic nitrogens is 3. The van der Waals surface area contributed by atoms with Gasteiger partial charge in [-0.1, -0.05) is 18.2 Å². The van der Waals surface area contributed by atoms with E-state index in [0.717, 1.165) is 49.6 Å². The number of carbonyl (C=O) groups is 2. The molecule has 2 aliphatic heterocycles. The van der Waals surface area contributed by atoms with Crippen molar-refractivity contribution >= 4 is 23.0 Å². The highest BCUT2D eigenvalue weighted by molar-refractivity contribution is 5.92. The highest BCUT2D eigenvalue weighted by Crippen LogP contribution is 2.30. The summed E-state index contributed by atoms with van der Waals surface area (Å²) in [5.74, 6) is 1.47. The molecule has 3 aromatic rings. The SMILES string of the molecule is CN(C)C/C=C/C(=O)CCC(=O)N1CCN(Cc2cc3c(N4CCOCC4)nc(-c4ccccc4O)nn3c2)CC1. The topological polar surface area (TPSA) is 107 Å². The molecule has 0 spiro atoms. The Morgan fingerprint density at radius 1 is 1.05 bits per heavy atom. The molecule has 2 aromatic heterocycles. The van der Waals surface area contributed by atoms with Crippen LogP contribution in [0.1, 0.15) is 18.4 Å². The summed E-state index contributed by atoms with van der Waals surface area (Å²) in [6.07, 6.45) is 5.93. The maximum absolute atomic E-state index is 12.7. The molecule has 0 radical (unpaired) electrons. The van der Waals surface area contributed by atoms with Crippen molar-refractivity contribution in [2.24, 2.45) is 0 Å². The highest BCUT2D eigenvalue weighted by Gasteiger charge is 2.24. The zero-order chi connectivity index (χ0) is 28.8. The van der Waals surface area contributed by atoms with Gasteiger partial charge in [0.25, 0.3) is 0 Å². The molecule has 0 unspecified atom stereocenters. The van der Waals surface area contributed by atoms with E-state index in [1.165, 1.54) is 0 Å². The standard InChI is InChI=1S/C30H39N7O4/c1-33(2)11-5-6-24(38)9-10-28(40)35-14-12-34(13-15-35)21-23-20-26-30(36-16-18-41-19-17-36)31-29(32-37(26)22-23)25-7-3-4-8-27(25)39/h3-8,20,22,39H,9-19,21H2,1-2H3/b6-5+. The number of carbonyl (C=O) groups excluding carboxylic acids is 2.